The van der Waals surface area contributed by atoms with E-state index in [4.69, 9.17) is 0 Å². The molecule has 13 heavy (non-hydrogen) atoms. The Morgan fingerprint density at radius 1 is 0.231 bits per heavy atom. The predicted molar refractivity (Wildman–Crippen MR) is 70.0 cm³/mol. The molecule has 0 aliphatic carbocycles. The van der Waals surface area contributed by atoms with Crippen LogP contribution in [0, 0.1) is 0 Å². The first-order valence-electron chi connectivity index (χ1n) is 3.00. The van der Waals surface area contributed by atoms with Gasteiger partial charge in [-0.25, -0.2) is 0 Å². The van der Waals surface area contributed by atoms with E-state index >= 15 is 0 Å². The van der Waals surface area contributed by atoms with Crippen molar-refractivity contribution in [3.8, 4) is 0 Å². The minimum Gasteiger partial charge on any atom is -0.269 e. The van der Waals surface area contributed by atoms with Crippen LogP contribution in [0.3, 0.4) is 0 Å². The highest BCUT2D eigenvalue weighted by molar-refractivity contribution is 4.23. The molecule has 0 amide bonds. The van der Waals surface area contributed by atoms with E-state index in [1.165, 1.54) is 0 Å². The van der Waals surface area contributed by atoms with E-state index < -0.39 is 0 Å². The SMILES string of the molecule is C=C.C=C.C=C.C=C.C=C.C=C.F. The Balaban J connectivity index is -0.00000000655. The fourth-order valence-electron chi connectivity index (χ4n) is 0. The Morgan fingerprint density at radius 2 is 0.231 bits per heavy atom. The maximum absolute atomic E-state index is 3.00. The van der Waals surface area contributed by atoms with Gasteiger partial charge in [0, 0.05) is 0 Å². The van der Waals surface area contributed by atoms with Gasteiger partial charge in [-0.1, -0.05) is 0 Å². The summed E-state index contributed by atoms with van der Waals surface area (Å²) in [6, 6.07) is 0. The van der Waals surface area contributed by atoms with Crippen molar-refractivity contribution in [2.45, 2.75) is 0 Å². The average Bonchev–Trinajstić information content (AvgIpc) is 2.33. The lowest BCUT2D eigenvalue weighted by Gasteiger charge is -0.813. The van der Waals surface area contributed by atoms with Crippen LogP contribution >= 0.6 is 0 Å². The lowest BCUT2D eigenvalue weighted by molar-refractivity contribution is 1.11. The summed E-state index contributed by atoms with van der Waals surface area (Å²) in [7, 11) is 0. The van der Waals surface area contributed by atoms with Crippen molar-refractivity contribution in [1.82, 2.24) is 0 Å². The molecule has 0 aliphatic rings. The molecule has 0 rings (SSSR count). The van der Waals surface area contributed by atoms with Gasteiger partial charge in [-0.3, -0.25) is 4.70 Å². The molecule has 0 spiro atoms. The first-order chi connectivity index (χ1) is 6.00. The van der Waals surface area contributed by atoms with Crippen LogP contribution in [-0.2, 0) is 0 Å². The van der Waals surface area contributed by atoms with Gasteiger partial charge >= 0.3 is 0 Å². The van der Waals surface area contributed by atoms with Crippen molar-refractivity contribution in [3.63, 3.8) is 0 Å². The maximum Gasteiger partial charge on any atom is -0.106 e. The van der Waals surface area contributed by atoms with E-state index in [9.17, 15) is 0 Å². The summed E-state index contributed by atoms with van der Waals surface area (Å²) in [6.07, 6.45) is 0. The van der Waals surface area contributed by atoms with Crippen LogP contribution in [0.4, 0.5) is 4.70 Å². The van der Waals surface area contributed by atoms with Crippen LogP contribution in [0.1, 0.15) is 0 Å². The number of hydrogen-bond acceptors (Lipinski definition) is 0. The zero-order valence-electron chi connectivity index (χ0n) is 8.89. The van der Waals surface area contributed by atoms with E-state index in [-0.39, 0.29) is 4.70 Å². The standard InChI is InChI=1S/6C2H4.FH/c6*1-2;/h6*1-2H2;1H. The number of halogens is 1. The first-order valence-corrected chi connectivity index (χ1v) is 3.00. The smallest absolute Gasteiger partial charge is 0.106 e. The van der Waals surface area contributed by atoms with Crippen molar-refractivity contribution in [2.24, 2.45) is 0 Å². The zero-order chi connectivity index (χ0) is 12.0. The van der Waals surface area contributed by atoms with Gasteiger partial charge in [0.15, 0.2) is 0 Å². The lowest BCUT2D eigenvalue weighted by Crippen LogP contribution is -0.552. The van der Waals surface area contributed by atoms with Gasteiger partial charge in [0.2, 0.25) is 0 Å². The summed E-state index contributed by atoms with van der Waals surface area (Å²) < 4.78 is 0. The van der Waals surface area contributed by atoms with Crippen molar-refractivity contribution < 1.29 is 4.70 Å². The molecule has 0 aromatic rings. The highest BCUT2D eigenvalue weighted by atomic mass is 19.0. The second kappa shape index (κ2) is 343. The largest absolute Gasteiger partial charge is 0.269 e. The minimum absolute atomic E-state index is 0. The molecule has 0 aromatic carbocycles. The topological polar surface area (TPSA) is 0 Å². The molecule has 0 atom stereocenters. The molecular weight excluding hydrogens is 163 g/mol. The summed E-state index contributed by atoms with van der Waals surface area (Å²) in [4.78, 5) is 0. The zero-order valence-corrected chi connectivity index (χ0v) is 8.89. The fourth-order valence-corrected chi connectivity index (χ4v) is 0. The Kier molecular flexibility index (Phi) is 1690. The average molecular weight is 188 g/mol. The van der Waals surface area contributed by atoms with Gasteiger partial charge < -0.3 is 0 Å². The molecule has 0 aromatic heterocycles. The van der Waals surface area contributed by atoms with E-state index in [2.05, 4.69) is 78.9 Å². The van der Waals surface area contributed by atoms with Gasteiger partial charge in [-0.2, -0.15) is 0 Å². The van der Waals surface area contributed by atoms with Gasteiger partial charge in [0.05, 0.1) is 0 Å². The van der Waals surface area contributed by atoms with Crippen molar-refractivity contribution in [1.29, 1.82) is 0 Å². The Bertz CT molecular complexity index is 20.6. The molecule has 0 saturated carbocycles. The van der Waals surface area contributed by atoms with Gasteiger partial charge in [-0.05, 0) is 0 Å². The van der Waals surface area contributed by atoms with E-state index in [1.54, 1.807) is 0 Å². The van der Waals surface area contributed by atoms with Gasteiger partial charge in [0.1, 0.15) is 0 Å². The normalized spacial score (nSPS) is 1.85. The molecule has 80 valence electrons. The summed E-state index contributed by atoms with van der Waals surface area (Å²) in [5, 5.41) is 0. The molecule has 0 nitrogen and oxygen atoms in total. The Labute approximate surface area is 84.4 Å². The molecule has 0 radical (unpaired) electrons. The third-order valence-electron chi connectivity index (χ3n) is 0. The minimum atomic E-state index is 0. The molecule has 0 heterocycles. The second-order valence-electron chi connectivity index (χ2n) is 0. The molecule has 0 bridgehead atoms. The van der Waals surface area contributed by atoms with E-state index in [1.807, 2.05) is 0 Å². The molecule has 0 unspecified atom stereocenters. The quantitative estimate of drug-likeness (QED) is 0.471. The van der Waals surface area contributed by atoms with Crippen LogP contribution in [0.5, 0.6) is 0 Å². The van der Waals surface area contributed by atoms with Gasteiger partial charge in [-0.15, -0.1) is 78.9 Å². The molecular formula is C12H25F. The Morgan fingerprint density at radius 3 is 0.231 bits per heavy atom. The molecule has 0 N–H and O–H groups in total. The third kappa shape index (κ3) is 273. The summed E-state index contributed by atoms with van der Waals surface area (Å²) in [6.45, 7) is 36.0. The van der Waals surface area contributed by atoms with Crippen LogP contribution in [-0.4, -0.2) is 0 Å². The predicted octanol–water partition coefficient (Wildman–Crippen LogP) is 4.97. The summed E-state index contributed by atoms with van der Waals surface area (Å²) >= 11 is 0. The monoisotopic (exact) mass is 188 g/mol. The van der Waals surface area contributed by atoms with Crippen LogP contribution in [0.2, 0.25) is 0 Å². The lowest BCUT2D eigenvalue weighted by atomic mass is 11.3. The molecule has 0 fully saturated rings. The van der Waals surface area contributed by atoms with Crippen LogP contribution in [0.25, 0.3) is 0 Å². The Hall–Kier alpha value is -1.63. The number of hydrogen-bond donors (Lipinski definition) is 0. The van der Waals surface area contributed by atoms with Crippen molar-refractivity contribution >= 4 is 0 Å². The first kappa shape index (κ1) is 64.0. The van der Waals surface area contributed by atoms with Crippen LogP contribution in [0.15, 0.2) is 78.9 Å². The molecule has 0 aliphatic heterocycles. The summed E-state index contributed by atoms with van der Waals surface area (Å²) in [5.41, 5.74) is 0. The highest BCUT2D eigenvalue weighted by Crippen LogP contribution is 0.872. The maximum atomic E-state index is 3.00. The third-order valence-corrected chi connectivity index (χ3v) is 0. The molecule has 0 saturated heterocycles. The number of rotatable bonds is 0. The van der Waals surface area contributed by atoms with E-state index in [0.29, 0.717) is 0 Å². The highest BCUT2D eigenvalue weighted by Gasteiger charge is 0.611. The van der Waals surface area contributed by atoms with Crippen molar-refractivity contribution in [2.75, 3.05) is 0 Å². The second-order valence-corrected chi connectivity index (χ2v) is 0. The molecule has 1 heteroatoms. The van der Waals surface area contributed by atoms with Crippen molar-refractivity contribution in [3.05, 3.63) is 78.9 Å². The van der Waals surface area contributed by atoms with Crippen LogP contribution < -0.4 is 0 Å². The summed E-state index contributed by atoms with van der Waals surface area (Å²) in [5.74, 6) is 0. The van der Waals surface area contributed by atoms with E-state index in [0.717, 1.165) is 0 Å². The fraction of sp³-hybridized carbons (Fsp3) is 0. The van der Waals surface area contributed by atoms with Gasteiger partial charge in [0.25, 0.3) is 0 Å².